The molecule has 4 heteroatoms. The number of hydrogen-bond acceptors (Lipinski definition) is 3. The van der Waals surface area contributed by atoms with Crippen LogP contribution >= 0.6 is 0 Å². The minimum atomic E-state index is -0.219. The summed E-state index contributed by atoms with van der Waals surface area (Å²) in [6.07, 6.45) is 0. The fourth-order valence-electron chi connectivity index (χ4n) is 2.67. The van der Waals surface area contributed by atoms with Gasteiger partial charge in [0, 0.05) is 19.6 Å². The Morgan fingerprint density at radius 1 is 1.31 bits per heavy atom. The first-order valence-corrected chi connectivity index (χ1v) is 6.07. The highest BCUT2D eigenvalue weighted by atomic mass is 16.5. The van der Waals surface area contributed by atoms with E-state index in [0.717, 1.165) is 50.3 Å². The van der Waals surface area contributed by atoms with Crippen molar-refractivity contribution in [2.45, 2.75) is 6.92 Å². The van der Waals surface area contributed by atoms with E-state index in [-0.39, 0.29) is 5.97 Å². The smallest absolute Gasteiger partial charge is 0.339 e. The molecule has 90 valence electrons. The summed E-state index contributed by atoms with van der Waals surface area (Å²) in [5.74, 6) is -0.219. The molecule has 16 heavy (non-hydrogen) atoms. The zero-order chi connectivity index (χ0) is 11.6. The number of fused-ring (bicyclic) bond motifs is 3. The number of hydrogen-bond donors (Lipinski definition) is 0. The topological polar surface area (TPSA) is 29.5 Å². The highest BCUT2D eigenvalue weighted by Crippen LogP contribution is 2.21. The number of piperazine rings is 3. The van der Waals surface area contributed by atoms with Crippen LogP contribution in [0.25, 0.3) is 0 Å². The SMILES string of the molecule is C=C(C[N+]12CCN(CC1)CC2)C(=O)OCC. The summed E-state index contributed by atoms with van der Waals surface area (Å²) in [7, 11) is 0. The van der Waals surface area contributed by atoms with Gasteiger partial charge < -0.3 is 9.22 Å². The summed E-state index contributed by atoms with van der Waals surface area (Å²) in [6.45, 7) is 13.9. The molecule has 3 aliphatic heterocycles. The predicted octanol–water partition coefficient (Wildman–Crippen LogP) is 0.252. The van der Waals surface area contributed by atoms with Gasteiger partial charge in [-0.3, -0.25) is 4.90 Å². The summed E-state index contributed by atoms with van der Waals surface area (Å²) < 4.78 is 6.02. The average molecular weight is 225 g/mol. The monoisotopic (exact) mass is 225 g/mol. The molecule has 0 aromatic heterocycles. The number of nitrogens with zero attached hydrogens (tertiary/aromatic N) is 2. The largest absolute Gasteiger partial charge is 0.462 e. The normalized spacial score (nSPS) is 32.4. The van der Waals surface area contributed by atoms with Gasteiger partial charge in [-0.1, -0.05) is 6.58 Å². The van der Waals surface area contributed by atoms with Crippen molar-refractivity contribution in [2.75, 3.05) is 52.4 Å². The molecule has 0 aromatic rings. The second kappa shape index (κ2) is 4.55. The van der Waals surface area contributed by atoms with Crippen LogP contribution in [0.2, 0.25) is 0 Å². The van der Waals surface area contributed by atoms with Gasteiger partial charge in [-0.2, -0.15) is 0 Å². The van der Waals surface area contributed by atoms with Crippen molar-refractivity contribution in [3.63, 3.8) is 0 Å². The number of esters is 1. The fourth-order valence-corrected chi connectivity index (χ4v) is 2.67. The van der Waals surface area contributed by atoms with E-state index in [2.05, 4.69) is 11.5 Å². The molecule has 2 bridgehead atoms. The molecule has 3 aliphatic rings. The third kappa shape index (κ3) is 2.28. The van der Waals surface area contributed by atoms with Crippen molar-refractivity contribution in [3.8, 4) is 0 Å². The predicted molar refractivity (Wildman–Crippen MR) is 61.9 cm³/mol. The first-order chi connectivity index (χ1) is 7.65. The number of rotatable bonds is 4. The quantitative estimate of drug-likeness (QED) is 0.390. The van der Waals surface area contributed by atoms with E-state index in [1.807, 2.05) is 6.92 Å². The van der Waals surface area contributed by atoms with E-state index in [1.165, 1.54) is 0 Å². The highest BCUT2D eigenvalue weighted by molar-refractivity contribution is 5.87. The first-order valence-electron chi connectivity index (χ1n) is 6.07. The van der Waals surface area contributed by atoms with Crippen LogP contribution in [-0.2, 0) is 9.53 Å². The summed E-state index contributed by atoms with van der Waals surface area (Å²) in [4.78, 5) is 14.0. The van der Waals surface area contributed by atoms with Gasteiger partial charge in [-0.15, -0.1) is 0 Å². The Morgan fingerprint density at radius 3 is 2.38 bits per heavy atom. The van der Waals surface area contributed by atoms with Crippen molar-refractivity contribution >= 4 is 5.97 Å². The lowest BCUT2D eigenvalue weighted by molar-refractivity contribution is -0.936. The van der Waals surface area contributed by atoms with Gasteiger partial charge in [0.15, 0.2) is 0 Å². The third-order valence-electron chi connectivity index (χ3n) is 3.76. The zero-order valence-corrected chi connectivity index (χ0v) is 10.1. The van der Waals surface area contributed by atoms with Crippen molar-refractivity contribution in [1.29, 1.82) is 0 Å². The molecule has 0 aromatic carbocycles. The summed E-state index contributed by atoms with van der Waals surface area (Å²) in [5.41, 5.74) is 0.636. The molecule has 0 spiro atoms. The zero-order valence-electron chi connectivity index (χ0n) is 10.1. The maximum atomic E-state index is 11.5. The Hall–Kier alpha value is -0.870. The molecule has 0 atom stereocenters. The van der Waals surface area contributed by atoms with Gasteiger partial charge in [-0.25, -0.2) is 4.79 Å². The molecular formula is C12H21N2O2+. The number of carbonyl (C=O) groups is 1. The number of quaternary nitrogens is 1. The van der Waals surface area contributed by atoms with Crippen LogP contribution in [0.15, 0.2) is 12.2 Å². The van der Waals surface area contributed by atoms with Crippen LogP contribution in [-0.4, -0.2) is 67.8 Å². The maximum absolute atomic E-state index is 11.5. The summed E-state index contributed by atoms with van der Waals surface area (Å²) in [5, 5.41) is 0. The van der Waals surface area contributed by atoms with Gasteiger partial charge >= 0.3 is 5.97 Å². The van der Waals surface area contributed by atoms with Gasteiger partial charge in [0.2, 0.25) is 0 Å². The lowest BCUT2D eigenvalue weighted by atomic mass is 10.1. The molecule has 0 N–H and O–H groups in total. The van der Waals surface area contributed by atoms with Gasteiger partial charge in [0.25, 0.3) is 0 Å². The van der Waals surface area contributed by atoms with Crippen LogP contribution in [0.5, 0.6) is 0 Å². The van der Waals surface area contributed by atoms with E-state index < -0.39 is 0 Å². The van der Waals surface area contributed by atoms with Crippen molar-refractivity contribution in [1.82, 2.24) is 4.90 Å². The average Bonchev–Trinajstić information content (AvgIpc) is 2.31. The van der Waals surface area contributed by atoms with E-state index in [0.29, 0.717) is 12.2 Å². The molecule has 0 unspecified atom stereocenters. The molecule has 3 saturated heterocycles. The van der Waals surface area contributed by atoms with Crippen LogP contribution in [0.4, 0.5) is 0 Å². The Bertz CT molecular complexity index is 280. The van der Waals surface area contributed by atoms with Crippen LogP contribution < -0.4 is 0 Å². The summed E-state index contributed by atoms with van der Waals surface area (Å²) >= 11 is 0. The Kier molecular flexibility index (Phi) is 3.30. The first kappa shape index (κ1) is 11.6. The molecule has 0 radical (unpaired) electrons. The molecule has 3 fully saturated rings. The molecule has 4 nitrogen and oxygen atoms in total. The van der Waals surface area contributed by atoms with Crippen molar-refractivity contribution in [3.05, 3.63) is 12.2 Å². The van der Waals surface area contributed by atoms with Crippen LogP contribution in [0.3, 0.4) is 0 Å². The van der Waals surface area contributed by atoms with Gasteiger partial charge in [0.1, 0.15) is 6.54 Å². The Balaban J connectivity index is 1.93. The van der Waals surface area contributed by atoms with E-state index in [1.54, 1.807) is 0 Å². The lowest BCUT2D eigenvalue weighted by Gasteiger charge is -2.50. The number of carbonyl (C=O) groups excluding carboxylic acids is 1. The fraction of sp³-hybridized carbons (Fsp3) is 0.750. The molecule has 0 aliphatic carbocycles. The maximum Gasteiger partial charge on any atom is 0.339 e. The molecule has 0 saturated carbocycles. The molecule has 0 amide bonds. The van der Waals surface area contributed by atoms with Crippen LogP contribution in [0, 0.1) is 0 Å². The van der Waals surface area contributed by atoms with Gasteiger partial charge in [0.05, 0.1) is 31.8 Å². The highest BCUT2D eigenvalue weighted by Gasteiger charge is 2.39. The molecular weight excluding hydrogens is 204 g/mol. The second-order valence-corrected chi connectivity index (χ2v) is 4.84. The van der Waals surface area contributed by atoms with E-state index in [9.17, 15) is 4.79 Å². The second-order valence-electron chi connectivity index (χ2n) is 4.84. The van der Waals surface area contributed by atoms with E-state index >= 15 is 0 Å². The van der Waals surface area contributed by atoms with Crippen LogP contribution in [0.1, 0.15) is 6.92 Å². The summed E-state index contributed by atoms with van der Waals surface area (Å²) in [6, 6.07) is 0. The van der Waals surface area contributed by atoms with Crippen molar-refractivity contribution in [2.24, 2.45) is 0 Å². The number of ether oxygens (including phenoxy) is 1. The molecule has 3 rings (SSSR count). The lowest BCUT2D eigenvalue weighted by Crippen LogP contribution is -2.67. The van der Waals surface area contributed by atoms with E-state index in [4.69, 9.17) is 4.74 Å². The minimum Gasteiger partial charge on any atom is -0.462 e. The van der Waals surface area contributed by atoms with Crippen molar-refractivity contribution < 1.29 is 14.0 Å². The Morgan fingerprint density at radius 2 is 1.88 bits per heavy atom. The molecule has 3 heterocycles. The third-order valence-corrected chi connectivity index (χ3v) is 3.76. The Labute approximate surface area is 97.1 Å². The minimum absolute atomic E-state index is 0.219. The standard InChI is InChI=1S/C12H21N2O2/c1-3-16-12(15)11(2)10-14-7-4-13(5-8-14)6-9-14/h2-10H2,1H3/q+1. The van der Waals surface area contributed by atoms with Gasteiger partial charge in [-0.05, 0) is 6.92 Å².